The van der Waals surface area contributed by atoms with Crippen molar-refractivity contribution in [1.82, 2.24) is 9.97 Å². The third kappa shape index (κ3) is 2.27. The van der Waals surface area contributed by atoms with Crippen LogP contribution < -0.4 is 16.4 Å². The Morgan fingerprint density at radius 1 is 1.50 bits per heavy atom. The number of hydrogen-bond donors (Lipinski definition) is 2. The molecule has 0 bridgehead atoms. The molecule has 0 spiro atoms. The van der Waals surface area contributed by atoms with Crippen molar-refractivity contribution < 1.29 is 0 Å². The van der Waals surface area contributed by atoms with E-state index in [2.05, 4.69) is 14.9 Å². The molecule has 78 valence electrons. The van der Waals surface area contributed by atoms with Gasteiger partial charge in [-0.15, -0.1) is 0 Å². The van der Waals surface area contributed by atoms with Crippen molar-refractivity contribution in [3.8, 4) is 0 Å². The standard InChI is InChI=1S/C8H13N5.H2S/c9-6-2-4-13(5-6)7-1-3-11-8(10)12-7;/h1,3,6H,2,4-5,9H2,(H2,10,11,12);1H2/t6-;/m0./s1. The molecule has 0 amide bonds. The second-order valence-corrected chi connectivity index (χ2v) is 3.27. The average Bonchev–Trinajstić information content (AvgIpc) is 2.52. The molecule has 2 heterocycles. The second kappa shape index (κ2) is 4.47. The maximum atomic E-state index is 5.78. The fourth-order valence-corrected chi connectivity index (χ4v) is 1.54. The summed E-state index contributed by atoms with van der Waals surface area (Å²) >= 11 is 0. The molecule has 0 radical (unpaired) electrons. The zero-order valence-corrected chi connectivity index (χ0v) is 8.85. The van der Waals surface area contributed by atoms with Gasteiger partial charge in [-0.1, -0.05) is 0 Å². The molecule has 1 aromatic rings. The summed E-state index contributed by atoms with van der Waals surface area (Å²) < 4.78 is 0. The van der Waals surface area contributed by atoms with Gasteiger partial charge in [0.1, 0.15) is 5.82 Å². The molecular formula is C8H15N5S. The molecule has 0 aromatic carbocycles. The lowest BCUT2D eigenvalue weighted by molar-refractivity contribution is 0.751. The van der Waals surface area contributed by atoms with Crippen molar-refractivity contribution in [1.29, 1.82) is 0 Å². The van der Waals surface area contributed by atoms with Crippen LogP contribution in [-0.2, 0) is 0 Å². The second-order valence-electron chi connectivity index (χ2n) is 3.27. The quantitative estimate of drug-likeness (QED) is 0.670. The zero-order chi connectivity index (χ0) is 9.26. The summed E-state index contributed by atoms with van der Waals surface area (Å²) in [5.41, 5.74) is 11.3. The summed E-state index contributed by atoms with van der Waals surface area (Å²) in [6.45, 7) is 1.81. The molecular weight excluding hydrogens is 198 g/mol. The Bertz CT molecular complexity index is 306. The van der Waals surface area contributed by atoms with E-state index in [1.54, 1.807) is 6.20 Å². The van der Waals surface area contributed by atoms with Crippen molar-refractivity contribution in [2.24, 2.45) is 5.73 Å². The molecule has 1 aliphatic rings. The minimum Gasteiger partial charge on any atom is -0.368 e. The molecule has 1 fully saturated rings. The first-order valence-electron chi connectivity index (χ1n) is 4.35. The number of nitrogens with two attached hydrogens (primary N) is 2. The highest BCUT2D eigenvalue weighted by molar-refractivity contribution is 7.59. The van der Waals surface area contributed by atoms with Gasteiger partial charge in [-0.25, -0.2) is 4.98 Å². The summed E-state index contributed by atoms with van der Waals surface area (Å²) in [6.07, 6.45) is 2.69. The van der Waals surface area contributed by atoms with Crippen molar-refractivity contribution >= 4 is 25.3 Å². The number of nitrogens with zero attached hydrogens (tertiary/aromatic N) is 3. The van der Waals surface area contributed by atoms with Crippen molar-refractivity contribution in [2.75, 3.05) is 23.7 Å². The summed E-state index contributed by atoms with van der Waals surface area (Å²) in [5, 5.41) is 0. The summed E-state index contributed by atoms with van der Waals surface area (Å²) in [4.78, 5) is 10.1. The fourth-order valence-electron chi connectivity index (χ4n) is 1.54. The Labute approximate surface area is 90.0 Å². The van der Waals surface area contributed by atoms with Gasteiger partial charge in [0.05, 0.1) is 0 Å². The van der Waals surface area contributed by atoms with E-state index >= 15 is 0 Å². The summed E-state index contributed by atoms with van der Waals surface area (Å²) in [5.74, 6) is 1.19. The Kier molecular flexibility index (Phi) is 3.54. The number of hydrogen-bond acceptors (Lipinski definition) is 5. The minimum atomic E-state index is 0. The van der Waals surface area contributed by atoms with E-state index in [4.69, 9.17) is 11.5 Å². The fraction of sp³-hybridized carbons (Fsp3) is 0.500. The van der Waals surface area contributed by atoms with Crippen LogP contribution in [-0.4, -0.2) is 29.1 Å². The maximum absolute atomic E-state index is 5.78. The molecule has 0 unspecified atom stereocenters. The first kappa shape index (κ1) is 11.1. The smallest absolute Gasteiger partial charge is 0.221 e. The van der Waals surface area contributed by atoms with Crippen LogP contribution in [0.2, 0.25) is 0 Å². The van der Waals surface area contributed by atoms with Gasteiger partial charge >= 0.3 is 0 Å². The molecule has 1 atom stereocenters. The van der Waals surface area contributed by atoms with Crippen LogP contribution in [0.15, 0.2) is 12.3 Å². The van der Waals surface area contributed by atoms with Gasteiger partial charge in [0.25, 0.3) is 0 Å². The van der Waals surface area contributed by atoms with E-state index in [1.165, 1.54) is 0 Å². The molecule has 1 aromatic heterocycles. The third-order valence-corrected chi connectivity index (χ3v) is 2.21. The van der Waals surface area contributed by atoms with Crippen LogP contribution in [0.25, 0.3) is 0 Å². The largest absolute Gasteiger partial charge is 0.368 e. The number of rotatable bonds is 1. The Balaban J connectivity index is 0.000000980. The van der Waals surface area contributed by atoms with E-state index in [0.717, 1.165) is 25.3 Å². The lowest BCUT2D eigenvalue weighted by atomic mass is 10.3. The van der Waals surface area contributed by atoms with E-state index in [0.29, 0.717) is 5.95 Å². The monoisotopic (exact) mass is 213 g/mol. The molecule has 4 N–H and O–H groups in total. The number of nitrogen functional groups attached to an aromatic ring is 1. The molecule has 0 saturated carbocycles. The molecule has 6 heteroatoms. The van der Waals surface area contributed by atoms with E-state index in [-0.39, 0.29) is 19.5 Å². The number of anilines is 2. The lowest BCUT2D eigenvalue weighted by Gasteiger charge is -2.16. The predicted octanol–water partition coefficient (Wildman–Crippen LogP) is -0.291. The topological polar surface area (TPSA) is 81.1 Å². The summed E-state index contributed by atoms with van der Waals surface area (Å²) in [6, 6.07) is 2.12. The van der Waals surface area contributed by atoms with Crippen LogP contribution in [0.1, 0.15) is 6.42 Å². The molecule has 5 nitrogen and oxygen atoms in total. The van der Waals surface area contributed by atoms with Gasteiger partial charge in [-0.2, -0.15) is 18.5 Å². The van der Waals surface area contributed by atoms with Crippen LogP contribution in [0.4, 0.5) is 11.8 Å². The van der Waals surface area contributed by atoms with Crippen LogP contribution >= 0.6 is 13.5 Å². The SMILES string of the molecule is Nc1nccc(N2CC[C@H](N)C2)n1.S. The van der Waals surface area contributed by atoms with Gasteiger partial charge in [-0.05, 0) is 12.5 Å². The van der Waals surface area contributed by atoms with Gasteiger partial charge in [0.2, 0.25) is 5.95 Å². The number of aromatic nitrogens is 2. The average molecular weight is 213 g/mol. The van der Waals surface area contributed by atoms with Crippen molar-refractivity contribution in [3.63, 3.8) is 0 Å². The van der Waals surface area contributed by atoms with Crippen molar-refractivity contribution in [2.45, 2.75) is 12.5 Å². The Hall–Kier alpha value is -1.01. The minimum absolute atomic E-state index is 0. The van der Waals surface area contributed by atoms with E-state index in [1.807, 2.05) is 6.07 Å². The molecule has 1 aliphatic heterocycles. The Morgan fingerprint density at radius 3 is 2.86 bits per heavy atom. The van der Waals surface area contributed by atoms with Gasteiger partial charge in [-0.3, -0.25) is 0 Å². The third-order valence-electron chi connectivity index (χ3n) is 2.21. The lowest BCUT2D eigenvalue weighted by Crippen LogP contribution is -2.27. The van der Waals surface area contributed by atoms with E-state index in [9.17, 15) is 0 Å². The van der Waals surface area contributed by atoms with E-state index < -0.39 is 0 Å². The Morgan fingerprint density at radius 2 is 2.29 bits per heavy atom. The molecule has 14 heavy (non-hydrogen) atoms. The maximum Gasteiger partial charge on any atom is 0.221 e. The van der Waals surface area contributed by atoms with Gasteiger partial charge < -0.3 is 16.4 Å². The zero-order valence-electron chi connectivity index (χ0n) is 7.85. The molecule has 2 rings (SSSR count). The van der Waals surface area contributed by atoms with Gasteiger partial charge in [0, 0.05) is 25.3 Å². The highest BCUT2D eigenvalue weighted by atomic mass is 32.1. The predicted molar refractivity (Wildman–Crippen MR) is 61.6 cm³/mol. The van der Waals surface area contributed by atoms with Crippen LogP contribution in [0.3, 0.4) is 0 Å². The summed E-state index contributed by atoms with van der Waals surface area (Å²) in [7, 11) is 0. The highest BCUT2D eigenvalue weighted by Gasteiger charge is 2.20. The van der Waals surface area contributed by atoms with Crippen LogP contribution in [0, 0.1) is 0 Å². The van der Waals surface area contributed by atoms with Crippen LogP contribution in [0.5, 0.6) is 0 Å². The first-order chi connectivity index (χ1) is 6.25. The van der Waals surface area contributed by atoms with Gasteiger partial charge in [0.15, 0.2) is 0 Å². The molecule has 1 saturated heterocycles. The van der Waals surface area contributed by atoms with Crippen molar-refractivity contribution in [3.05, 3.63) is 12.3 Å². The normalized spacial score (nSPS) is 20.6. The first-order valence-corrected chi connectivity index (χ1v) is 4.35. The molecule has 0 aliphatic carbocycles. The highest BCUT2D eigenvalue weighted by Crippen LogP contribution is 2.16.